The molecule has 0 aliphatic carbocycles. The molecule has 1 aliphatic rings. The number of rotatable bonds is 2. The Hall–Kier alpha value is -1.55. The van der Waals surface area contributed by atoms with Crippen molar-refractivity contribution < 1.29 is 14.3 Å². The average Bonchev–Trinajstić information content (AvgIpc) is 2.45. The summed E-state index contributed by atoms with van der Waals surface area (Å²) < 4.78 is 5.38. The topological polar surface area (TPSA) is 46.6 Å². The van der Waals surface area contributed by atoms with E-state index in [0.29, 0.717) is 23.7 Å². The lowest BCUT2D eigenvalue weighted by Crippen LogP contribution is -2.44. The Labute approximate surface area is 136 Å². The molecule has 1 fully saturated rings. The van der Waals surface area contributed by atoms with Crippen molar-refractivity contribution in [3.05, 3.63) is 34.9 Å². The van der Waals surface area contributed by atoms with Gasteiger partial charge in [0.15, 0.2) is 5.78 Å². The third kappa shape index (κ3) is 4.47. The molecule has 0 radical (unpaired) electrons. The van der Waals surface area contributed by atoms with E-state index < -0.39 is 5.60 Å². The van der Waals surface area contributed by atoms with Gasteiger partial charge < -0.3 is 9.64 Å². The number of likely N-dealkylation sites (tertiary alicyclic amines) is 1. The predicted molar refractivity (Wildman–Crippen MR) is 86.3 cm³/mol. The molecule has 1 saturated heterocycles. The second-order valence-corrected chi connectivity index (χ2v) is 7.08. The van der Waals surface area contributed by atoms with Crippen molar-refractivity contribution in [2.45, 2.75) is 39.2 Å². The molecule has 5 heteroatoms. The van der Waals surface area contributed by atoms with Crippen molar-refractivity contribution in [2.75, 3.05) is 13.1 Å². The molecule has 0 saturated carbocycles. The standard InChI is InChI=1S/C17H22ClNO3/c1-17(2,3)22-16(21)19-9-5-7-13(11-19)15(20)12-6-4-8-14(18)10-12/h4,6,8,10,13H,5,7,9,11H2,1-3H3/t13-/m0/s1. The highest BCUT2D eigenvalue weighted by atomic mass is 35.5. The van der Waals surface area contributed by atoms with Crippen LogP contribution in [0.25, 0.3) is 0 Å². The first kappa shape index (κ1) is 16.8. The van der Waals surface area contributed by atoms with Crippen molar-refractivity contribution in [3.8, 4) is 0 Å². The maximum Gasteiger partial charge on any atom is 0.410 e. The lowest BCUT2D eigenvalue weighted by molar-refractivity contribution is 0.0172. The highest BCUT2D eigenvalue weighted by molar-refractivity contribution is 6.31. The number of carbonyl (C=O) groups is 2. The lowest BCUT2D eigenvalue weighted by atomic mass is 9.90. The van der Waals surface area contributed by atoms with Crippen molar-refractivity contribution in [1.82, 2.24) is 4.90 Å². The maximum absolute atomic E-state index is 12.6. The molecular weight excluding hydrogens is 302 g/mol. The summed E-state index contributed by atoms with van der Waals surface area (Å²) in [5, 5.41) is 0.547. The number of ketones is 1. The summed E-state index contributed by atoms with van der Waals surface area (Å²) in [4.78, 5) is 26.3. The summed E-state index contributed by atoms with van der Waals surface area (Å²) in [6.45, 7) is 6.55. The smallest absolute Gasteiger partial charge is 0.410 e. The van der Waals surface area contributed by atoms with Crippen LogP contribution in [0, 0.1) is 5.92 Å². The number of piperidine rings is 1. The van der Waals surface area contributed by atoms with Gasteiger partial charge in [-0.1, -0.05) is 23.7 Å². The summed E-state index contributed by atoms with van der Waals surface area (Å²) >= 11 is 5.94. The number of benzene rings is 1. The zero-order chi connectivity index (χ0) is 16.3. The molecule has 0 spiro atoms. The molecule has 0 unspecified atom stereocenters. The number of nitrogens with zero attached hydrogens (tertiary/aromatic N) is 1. The van der Waals surface area contributed by atoms with Crippen LogP contribution in [0.5, 0.6) is 0 Å². The van der Waals surface area contributed by atoms with Gasteiger partial charge in [-0.05, 0) is 45.7 Å². The van der Waals surface area contributed by atoms with Crippen molar-refractivity contribution in [1.29, 1.82) is 0 Å². The van der Waals surface area contributed by atoms with Gasteiger partial charge >= 0.3 is 6.09 Å². The number of carbonyl (C=O) groups excluding carboxylic acids is 2. The van der Waals surface area contributed by atoms with Gasteiger partial charge in [-0.15, -0.1) is 0 Å². The van der Waals surface area contributed by atoms with E-state index in [0.717, 1.165) is 12.8 Å². The second-order valence-electron chi connectivity index (χ2n) is 6.64. The van der Waals surface area contributed by atoms with Gasteiger partial charge in [0.1, 0.15) is 5.60 Å². The molecule has 120 valence electrons. The van der Waals surface area contributed by atoms with Crippen LogP contribution in [0.4, 0.5) is 4.79 Å². The predicted octanol–water partition coefficient (Wildman–Crippen LogP) is 4.17. The Kier molecular flexibility index (Phi) is 5.12. The Bertz CT molecular complexity index is 565. The highest BCUT2D eigenvalue weighted by Crippen LogP contribution is 2.23. The van der Waals surface area contributed by atoms with Gasteiger partial charge in [-0.3, -0.25) is 4.79 Å². The molecular formula is C17H22ClNO3. The van der Waals surface area contributed by atoms with Gasteiger partial charge in [0.25, 0.3) is 0 Å². The molecule has 0 N–H and O–H groups in total. The number of ether oxygens (including phenoxy) is 1. The van der Waals surface area contributed by atoms with Crippen LogP contribution >= 0.6 is 11.6 Å². The lowest BCUT2D eigenvalue weighted by Gasteiger charge is -2.33. The van der Waals surface area contributed by atoms with E-state index in [-0.39, 0.29) is 17.8 Å². The fourth-order valence-corrected chi connectivity index (χ4v) is 2.75. The van der Waals surface area contributed by atoms with E-state index in [1.165, 1.54) is 0 Å². The Balaban J connectivity index is 2.04. The Morgan fingerprint density at radius 3 is 2.68 bits per heavy atom. The SMILES string of the molecule is CC(C)(C)OC(=O)N1CCC[C@H](C(=O)c2cccc(Cl)c2)C1. The first-order valence-electron chi connectivity index (χ1n) is 7.54. The molecule has 4 nitrogen and oxygen atoms in total. The maximum atomic E-state index is 12.6. The third-order valence-corrected chi connectivity index (χ3v) is 3.79. The third-order valence-electron chi connectivity index (χ3n) is 3.55. The summed E-state index contributed by atoms with van der Waals surface area (Å²) in [6.07, 6.45) is 1.23. The number of hydrogen-bond acceptors (Lipinski definition) is 3. The van der Waals surface area contributed by atoms with Gasteiger partial charge in [0.2, 0.25) is 0 Å². The van der Waals surface area contributed by atoms with Gasteiger partial charge in [0.05, 0.1) is 0 Å². The van der Waals surface area contributed by atoms with E-state index in [1.807, 2.05) is 20.8 Å². The highest BCUT2D eigenvalue weighted by Gasteiger charge is 2.31. The zero-order valence-electron chi connectivity index (χ0n) is 13.3. The minimum absolute atomic E-state index is 0.0377. The number of amides is 1. The summed E-state index contributed by atoms with van der Waals surface area (Å²) in [5.41, 5.74) is 0.0737. The fraction of sp³-hybridized carbons (Fsp3) is 0.529. The summed E-state index contributed by atoms with van der Waals surface area (Å²) in [5.74, 6) is -0.157. The average molecular weight is 324 g/mol. The first-order valence-corrected chi connectivity index (χ1v) is 7.92. The van der Waals surface area contributed by atoms with Crippen molar-refractivity contribution in [2.24, 2.45) is 5.92 Å². The van der Waals surface area contributed by atoms with E-state index in [2.05, 4.69) is 0 Å². The minimum atomic E-state index is -0.527. The molecule has 1 aromatic carbocycles. The van der Waals surface area contributed by atoms with Crippen LogP contribution in [-0.2, 0) is 4.74 Å². The van der Waals surface area contributed by atoms with Crippen molar-refractivity contribution in [3.63, 3.8) is 0 Å². The largest absolute Gasteiger partial charge is 0.444 e. The van der Waals surface area contributed by atoms with Crippen molar-refractivity contribution >= 4 is 23.5 Å². The van der Waals surface area contributed by atoms with Crippen LogP contribution < -0.4 is 0 Å². The molecule has 2 rings (SSSR count). The molecule has 1 heterocycles. The Morgan fingerprint density at radius 2 is 2.05 bits per heavy atom. The van der Waals surface area contributed by atoms with Crippen LogP contribution in [0.3, 0.4) is 0 Å². The van der Waals surface area contributed by atoms with Gasteiger partial charge in [-0.2, -0.15) is 0 Å². The fourth-order valence-electron chi connectivity index (χ4n) is 2.56. The van der Waals surface area contributed by atoms with Crippen LogP contribution in [0.1, 0.15) is 44.0 Å². The number of halogens is 1. The quantitative estimate of drug-likeness (QED) is 0.767. The van der Waals surface area contributed by atoms with Crippen LogP contribution in [0.15, 0.2) is 24.3 Å². The molecule has 22 heavy (non-hydrogen) atoms. The monoisotopic (exact) mass is 323 g/mol. The second kappa shape index (κ2) is 6.69. The van der Waals surface area contributed by atoms with E-state index in [4.69, 9.17) is 16.3 Å². The summed E-state index contributed by atoms with van der Waals surface area (Å²) in [6, 6.07) is 6.95. The Morgan fingerprint density at radius 1 is 1.32 bits per heavy atom. The molecule has 1 atom stereocenters. The first-order chi connectivity index (χ1) is 10.3. The number of Topliss-reactive ketones (excluding diaryl/α,β-unsaturated/α-hetero) is 1. The van der Waals surface area contributed by atoms with Gasteiger partial charge in [0, 0.05) is 29.6 Å². The number of hydrogen-bond donors (Lipinski definition) is 0. The van der Waals surface area contributed by atoms with E-state index >= 15 is 0 Å². The molecule has 0 aromatic heterocycles. The van der Waals surface area contributed by atoms with E-state index in [1.54, 1.807) is 29.2 Å². The molecule has 1 aromatic rings. The molecule has 1 aliphatic heterocycles. The molecule has 1 amide bonds. The van der Waals surface area contributed by atoms with E-state index in [9.17, 15) is 9.59 Å². The van der Waals surface area contributed by atoms with Crippen LogP contribution in [0.2, 0.25) is 5.02 Å². The normalized spacial score (nSPS) is 18.9. The summed E-state index contributed by atoms with van der Waals surface area (Å²) in [7, 11) is 0. The van der Waals surface area contributed by atoms with Gasteiger partial charge in [-0.25, -0.2) is 4.79 Å². The minimum Gasteiger partial charge on any atom is -0.444 e. The van der Waals surface area contributed by atoms with Crippen LogP contribution in [-0.4, -0.2) is 35.5 Å². The molecule has 0 bridgehead atoms. The zero-order valence-corrected chi connectivity index (χ0v) is 14.0.